The highest BCUT2D eigenvalue weighted by molar-refractivity contribution is 5.85. The molecule has 0 saturated carbocycles. The van der Waals surface area contributed by atoms with Crippen LogP contribution in [-0.2, 0) is 4.79 Å². The molecule has 2 saturated heterocycles. The van der Waals surface area contributed by atoms with Crippen molar-refractivity contribution in [1.29, 1.82) is 0 Å². The van der Waals surface area contributed by atoms with Crippen molar-refractivity contribution in [2.45, 2.75) is 32.6 Å². The second-order valence-electron chi connectivity index (χ2n) is 4.89. The van der Waals surface area contributed by atoms with Crippen molar-refractivity contribution in [1.82, 2.24) is 10.2 Å². The molecule has 0 aliphatic carbocycles. The molecule has 1 amide bonds. The molecular weight excluding hydrogens is 224 g/mol. The summed E-state index contributed by atoms with van der Waals surface area (Å²) < 4.78 is 0. The second-order valence-corrected chi connectivity index (χ2v) is 4.89. The summed E-state index contributed by atoms with van der Waals surface area (Å²) in [5.41, 5.74) is 0. The van der Waals surface area contributed by atoms with Crippen molar-refractivity contribution in [3.8, 4) is 0 Å². The lowest BCUT2D eigenvalue weighted by molar-refractivity contribution is -0.131. The van der Waals surface area contributed by atoms with Gasteiger partial charge in [-0.15, -0.1) is 12.4 Å². The Bertz CT molecular complexity index is 221. The van der Waals surface area contributed by atoms with Crippen LogP contribution in [0.3, 0.4) is 0 Å². The summed E-state index contributed by atoms with van der Waals surface area (Å²) in [5.74, 6) is 2.01. The van der Waals surface area contributed by atoms with E-state index < -0.39 is 0 Å². The van der Waals surface area contributed by atoms with Gasteiger partial charge >= 0.3 is 0 Å². The molecule has 2 rings (SSSR count). The van der Waals surface area contributed by atoms with E-state index in [1.165, 1.54) is 25.9 Å². The lowest BCUT2D eigenvalue weighted by Crippen LogP contribution is -2.32. The maximum absolute atomic E-state index is 11.8. The van der Waals surface area contributed by atoms with Crippen LogP contribution in [0.4, 0.5) is 0 Å². The fourth-order valence-corrected chi connectivity index (χ4v) is 2.84. The molecule has 0 unspecified atom stereocenters. The Morgan fingerprint density at radius 1 is 1.25 bits per heavy atom. The van der Waals surface area contributed by atoms with Gasteiger partial charge < -0.3 is 10.2 Å². The smallest absolute Gasteiger partial charge is 0.222 e. The summed E-state index contributed by atoms with van der Waals surface area (Å²) in [7, 11) is 0. The topological polar surface area (TPSA) is 32.3 Å². The number of carbonyl (C=O) groups excluding carboxylic acids is 1. The van der Waals surface area contributed by atoms with Gasteiger partial charge in [0, 0.05) is 19.5 Å². The van der Waals surface area contributed by atoms with E-state index in [4.69, 9.17) is 0 Å². The molecule has 2 heterocycles. The standard InChI is InChI=1S/C12H22N2O.ClH/c1-2-3-12(15)14-6-4-10-8-13-9-11(10)5-7-14;/h10-11,13H,2-9H2,1H3;1H/t10-,11+;. The average molecular weight is 247 g/mol. The fraction of sp³-hybridized carbons (Fsp3) is 0.917. The van der Waals surface area contributed by atoms with E-state index in [-0.39, 0.29) is 12.4 Å². The van der Waals surface area contributed by atoms with Crippen molar-refractivity contribution in [2.75, 3.05) is 26.2 Å². The number of halogens is 1. The summed E-state index contributed by atoms with van der Waals surface area (Å²) in [4.78, 5) is 13.9. The van der Waals surface area contributed by atoms with Crippen molar-refractivity contribution < 1.29 is 4.79 Å². The number of amides is 1. The molecule has 16 heavy (non-hydrogen) atoms. The maximum Gasteiger partial charge on any atom is 0.222 e. The third kappa shape index (κ3) is 3.11. The van der Waals surface area contributed by atoms with Gasteiger partial charge in [-0.1, -0.05) is 6.92 Å². The number of nitrogens with one attached hydrogen (secondary N) is 1. The first-order valence-corrected chi connectivity index (χ1v) is 6.29. The lowest BCUT2D eigenvalue weighted by atomic mass is 9.92. The number of fused-ring (bicyclic) bond motifs is 1. The third-order valence-electron chi connectivity index (χ3n) is 3.84. The minimum atomic E-state index is 0. The fourth-order valence-electron chi connectivity index (χ4n) is 2.84. The van der Waals surface area contributed by atoms with E-state index in [0.29, 0.717) is 5.91 Å². The molecule has 2 fully saturated rings. The zero-order chi connectivity index (χ0) is 10.7. The summed E-state index contributed by atoms with van der Waals surface area (Å²) in [6.45, 7) is 6.39. The summed E-state index contributed by atoms with van der Waals surface area (Å²) in [6, 6.07) is 0. The minimum absolute atomic E-state index is 0. The predicted molar refractivity (Wildman–Crippen MR) is 67.8 cm³/mol. The highest BCUT2D eigenvalue weighted by Gasteiger charge is 2.30. The molecule has 3 nitrogen and oxygen atoms in total. The van der Waals surface area contributed by atoms with Gasteiger partial charge in [0.05, 0.1) is 0 Å². The Balaban J connectivity index is 0.00000128. The molecule has 0 spiro atoms. The van der Waals surface area contributed by atoms with E-state index in [0.717, 1.165) is 37.8 Å². The summed E-state index contributed by atoms with van der Waals surface area (Å²) >= 11 is 0. The molecule has 0 aromatic rings. The Morgan fingerprint density at radius 2 is 1.81 bits per heavy atom. The third-order valence-corrected chi connectivity index (χ3v) is 3.84. The summed E-state index contributed by atoms with van der Waals surface area (Å²) in [6.07, 6.45) is 4.11. The van der Waals surface area contributed by atoms with Crippen LogP contribution < -0.4 is 5.32 Å². The molecule has 0 radical (unpaired) electrons. The van der Waals surface area contributed by atoms with Gasteiger partial charge in [-0.05, 0) is 44.2 Å². The number of carbonyl (C=O) groups is 1. The first-order chi connectivity index (χ1) is 7.31. The van der Waals surface area contributed by atoms with Gasteiger partial charge in [0.15, 0.2) is 0 Å². The molecule has 2 aliphatic heterocycles. The Kier molecular flexibility index (Phi) is 5.56. The van der Waals surface area contributed by atoms with Gasteiger partial charge in [0.1, 0.15) is 0 Å². The number of likely N-dealkylation sites (tertiary alicyclic amines) is 1. The molecule has 2 aliphatic rings. The van der Waals surface area contributed by atoms with Crippen LogP contribution in [-0.4, -0.2) is 37.0 Å². The molecule has 1 N–H and O–H groups in total. The number of nitrogens with zero attached hydrogens (tertiary/aromatic N) is 1. The van der Waals surface area contributed by atoms with Gasteiger partial charge in [-0.3, -0.25) is 4.79 Å². The molecule has 94 valence electrons. The molecule has 0 bridgehead atoms. The van der Waals surface area contributed by atoms with Gasteiger partial charge in [0.2, 0.25) is 5.91 Å². The molecule has 0 aromatic heterocycles. The Hall–Kier alpha value is -0.280. The van der Waals surface area contributed by atoms with Crippen molar-refractivity contribution in [2.24, 2.45) is 11.8 Å². The van der Waals surface area contributed by atoms with Gasteiger partial charge in [0.25, 0.3) is 0 Å². The van der Waals surface area contributed by atoms with Crippen LogP contribution in [0.2, 0.25) is 0 Å². The average Bonchev–Trinajstić information content (AvgIpc) is 2.58. The quantitative estimate of drug-likeness (QED) is 0.804. The number of rotatable bonds is 2. The molecule has 4 heteroatoms. The molecule has 0 aromatic carbocycles. The first kappa shape index (κ1) is 13.8. The number of hydrogen-bond acceptors (Lipinski definition) is 2. The van der Waals surface area contributed by atoms with Crippen LogP contribution in [0.15, 0.2) is 0 Å². The largest absolute Gasteiger partial charge is 0.343 e. The molecule has 2 atom stereocenters. The van der Waals surface area contributed by atoms with E-state index in [2.05, 4.69) is 17.1 Å². The zero-order valence-electron chi connectivity index (χ0n) is 10.1. The predicted octanol–water partition coefficient (Wildman–Crippen LogP) is 1.67. The second kappa shape index (κ2) is 6.45. The maximum atomic E-state index is 11.8. The molecular formula is C12H23ClN2O. The highest BCUT2D eigenvalue weighted by Crippen LogP contribution is 2.27. The van der Waals surface area contributed by atoms with E-state index in [9.17, 15) is 4.79 Å². The van der Waals surface area contributed by atoms with Crippen LogP contribution in [0.5, 0.6) is 0 Å². The van der Waals surface area contributed by atoms with Gasteiger partial charge in [-0.2, -0.15) is 0 Å². The van der Waals surface area contributed by atoms with Crippen molar-refractivity contribution in [3.05, 3.63) is 0 Å². The normalized spacial score (nSPS) is 29.2. The van der Waals surface area contributed by atoms with E-state index in [1.807, 2.05) is 0 Å². The Morgan fingerprint density at radius 3 is 2.31 bits per heavy atom. The van der Waals surface area contributed by atoms with Crippen LogP contribution in [0.25, 0.3) is 0 Å². The van der Waals surface area contributed by atoms with Crippen molar-refractivity contribution >= 4 is 18.3 Å². The van der Waals surface area contributed by atoms with E-state index >= 15 is 0 Å². The highest BCUT2D eigenvalue weighted by atomic mass is 35.5. The first-order valence-electron chi connectivity index (χ1n) is 6.29. The Labute approximate surface area is 104 Å². The van der Waals surface area contributed by atoms with Crippen molar-refractivity contribution in [3.63, 3.8) is 0 Å². The van der Waals surface area contributed by atoms with E-state index in [1.54, 1.807) is 0 Å². The zero-order valence-corrected chi connectivity index (χ0v) is 10.9. The minimum Gasteiger partial charge on any atom is -0.343 e. The van der Waals surface area contributed by atoms with Crippen LogP contribution >= 0.6 is 12.4 Å². The lowest BCUT2D eigenvalue weighted by Gasteiger charge is -2.20. The van der Waals surface area contributed by atoms with Gasteiger partial charge in [-0.25, -0.2) is 0 Å². The SMILES string of the molecule is CCCC(=O)N1CC[C@@H]2CNC[C@@H]2CC1.Cl. The summed E-state index contributed by atoms with van der Waals surface area (Å²) in [5, 5.41) is 3.46. The monoisotopic (exact) mass is 246 g/mol. The van der Waals surface area contributed by atoms with Crippen LogP contribution in [0.1, 0.15) is 32.6 Å². The van der Waals surface area contributed by atoms with Crippen LogP contribution in [0, 0.1) is 11.8 Å². The number of hydrogen-bond donors (Lipinski definition) is 1.